The van der Waals surface area contributed by atoms with E-state index in [2.05, 4.69) is 11.6 Å². The molecule has 1 heterocycles. The highest BCUT2D eigenvalue weighted by molar-refractivity contribution is 7.16. The van der Waals surface area contributed by atoms with Crippen molar-refractivity contribution in [1.29, 1.82) is 0 Å². The van der Waals surface area contributed by atoms with Gasteiger partial charge < -0.3 is 9.30 Å². The van der Waals surface area contributed by atoms with Crippen molar-refractivity contribution in [3.05, 3.63) is 70.0 Å². The highest BCUT2D eigenvalue weighted by Gasteiger charge is 2.09. The van der Waals surface area contributed by atoms with E-state index in [0.717, 1.165) is 27.1 Å². The van der Waals surface area contributed by atoms with Gasteiger partial charge in [0.25, 0.3) is 5.91 Å². The predicted octanol–water partition coefficient (Wildman–Crippen LogP) is 4.53. The third kappa shape index (κ3) is 3.89. The maximum absolute atomic E-state index is 12.5. The molecule has 1 aromatic heterocycles. The van der Waals surface area contributed by atoms with Gasteiger partial charge in [0.1, 0.15) is 5.75 Å². The number of amides is 1. The van der Waals surface area contributed by atoms with Crippen molar-refractivity contribution in [1.82, 2.24) is 4.57 Å². The second kappa shape index (κ2) is 7.89. The van der Waals surface area contributed by atoms with Crippen molar-refractivity contribution in [3.63, 3.8) is 0 Å². The van der Waals surface area contributed by atoms with E-state index in [1.807, 2.05) is 47.9 Å². The number of methoxy groups -OCH3 is 1. The van der Waals surface area contributed by atoms with Gasteiger partial charge in [0, 0.05) is 11.6 Å². The third-order valence-electron chi connectivity index (χ3n) is 3.99. The largest absolute Gasteiger partial charge is 0.496 e. The van der Waals surface area contributed by atoms with Crippen LogP contribution in [0, 0.1) is 6.92 Å². The summed E-state index contributed by atoms with van der Waals surface area (Å²) in [5.74, 6) is 0.619. The minimum atomic E-state index is -0.190. The average Bonchev–Trinajstić information content (AvgIpc) is 2.91. The minimum Gasteiger partial charge on any atom is -0.496 e. The summed E-state index contributed by atoms with van der Waals surface area (Å²) in [6.07, 6.45) is 2.03. The van der Waals surface area contributed by atoms with Crippen LogP contribution < -0.4 is 9.54 Å². The van der Waals surface area contributed by atoms with Crippen molar-refractivity contribution >= 4 is 39.1 Å². The molecule has 0 aliphatic rings. The van der Waals surface area contributed by atoms with Gasteiger partial charge in [0.05, 0.1) is 23.7 Å². The zero-order valence-electron chi connectivity index (χ0n) is 14.7. The normalized spacial score (nSPS) is 11.7. The van der Waals surface area contributed by atoms with Crippen LogP contribution in [0.5, 0.6) is 5.75 Å². The molecule has 0 unspecified atom stereocenters. The average molecular weight is 387 g/mol. The molecule has 3 aromatic rings. The molecule has 0 saturated heterocycles. The molecule has 3 rings (SSSR count). The Morgan fingerprint density at radius 1 is 1.35 bits per heavy atom. The Bertz CT molecular complexity index is 1050. The number of hydrogen-bond acceptors (Lipinski definition) is 3. The van der Waals surface area contributed by atoms with Crippen LogP contribution in [0.4, 0.5) is 0 Å². The molecule has 26 heavy (non-hydrogen) atoms. The van der Waals surface area contributed by atoms with Crippen molar-refractivity contribution < 1.29 is 9.53 Å². The summed E-state index contributed by atoms with van der Waals surface area (Å²) in [6.45, 7) is 6.33. The summed E-state index contributed by atoms with van der Waals surface area (Å²) in [5.41, 5.74) is 2.90. The van der Waals surface area contributed by atoms with E-state index >= 15 is 0 Å². The van der Waals surface area contributed by atoms with E-state index in [1.54, 1.807) is 13.2 Å². The molecular formula is C20H19ClN2O2S. The Balaban J connectivity index is 1.95. The standard InChI is InChI=1S/C20H19ClN2O2S/c1-4-9-23-16-7-6-15(21)12-18(16)26-20(23)22-19(24)11-14-5-8-17(25-3)13(2)10-14/h4-8,10,12H,1,9,11H2,2-3H3. The number of nitrogens with zero attached hydrogens (tertiary/aromatic N) is 2. The highest BCUT2D eigenvalue weighted by Crippen LogP contribution is 2.22. The van der Waals surface area contributed by atoms with E-state index in [0.29, 0.717) is 16.4 Å². The van der Waals surface area contributed by atoms with Gasteiger partial charge in [-0.1, -0.05) is 41.1 Å². The smallest absolute Gasteiger partial charge is 0.252 e. The van der Waals surface area contributed by atoms with Crippen LogP contribution in [0.1, 0.15) is 11.1 Å². The van der Waals surface area contributed by atoms with Crippen molar-refractivity contribution in [2.75, 3.05) is 7.11 Å². The van der Waals surface area contributed by atoms with E-state index in [9.17, 15) is 4.79 Å². The van der Waals surface area contributed by atoms with Gasteiger partial charge in [-0.2, -0.15) is 4.99 Å². The summed E-state index contributed by atoms with van der Waals surface area (Å²) < 4.78 is 8.22. The SMILES string of the molecule is C=CCn1c(=NC(=O)Cc2ccc(OC)c(C)c2)sc2cc(Cl)ccc21. The Kier molecular flexibility index (Phi) is 5.59. The van der Waals surface area contributed by atoms with Gasteiger partial charge in [0.15, 0.2) is 4.80 Å². The fraction of sp³-hybridized carbons (Fsp3) is 0.200. The van der Waals surface area contributed by atoms with Gasteiger partial charge in [-0.25, -0.2) is 0 Å². The Morgan fingerprint density at radius 3 is 2.85 bits per heavy atom. The second-order valence-corrected chi connectivity index (χ2v) is 7.33. The van der Waals surface area contributed by atoms with E-state index in [-0.39, 0.29) is 12.3 Å². The van der Waals surface area contributed by atoms with Crippen LogP contribution in [0.15, 0.2) is 54.0 Å². The van der Waals surface area contributed by atoms with Crippen molar-refractivity contribution in [3.8, 4) is 5.75 Å². The molecule has 0 saturated carbocycles. The van der Waals surface area contributed by atoms with Crippen LogP contribution in [0.25, 0.3) is 10.2 Å². The number of ether oxygens (including phenoxy) is 1. The summed E-state index contributed by atoms with van der Waals surface area (Å²) >= 11 is 7.53. The molecule has 0 aliphatic heterocycles. The number of allylic oxidation sites excluding steroid dienone is 1. The molecule has 0 N–H and O–H groups in total. The quantitative estimate of drug-likeness (QED) is 0.604. The lowest BCUT2D eigenvalue weighted by atomic mass is 10.1. The molecule has 0 atom stereocenters. The molecule has 0 radical (unpaired) electrons. The first-order chi connectivity index (χ1) is 12.5. The molecular weight excluding hydrogens is 368 g/mol. The Morgan fingerprint density at radius 2 is 2.15 bits per heavy atom. The monoisotopic (exact) mass is 386 g/mol. The van der Waals surface area contributed by atoms with Crippen molar-refractivity contribution in [2.24, 2.45) is 4.99 Å². The summed E-state index contributed by atoms with van der Waals surface area (Å²) in [7, 11) is 1.63. The first-order valence-electron chi connectivity index (χ1n) is 8.12. The van der Waals surface area contributed by atoms with Gasteiger partial charge in [-0.15, -0.1) is 6.58 Å². The molecule has 6 heteroatoms. The van der Waals surface area contributed by atoms with E-state index in [4.69, 9.17) is 16.3 Å². The first kappa shape index (κ1) is 18.4. The van der Waals surface area contributed by atoms with Crippen molar-refractivity contribution in [2.45, 2.75) is 19.9 Å². The van der Waals surface area contributed by atoms with Crippen LogP contribution >= 0.6 is 22.9 Å². The lowest BCUT2D eigenvalue weighted by molar-refractivity contribution is -0.117. The van der Waals surface area contributed by atoms with Gasteiger partial charge in [-0.3, -0.25) is 4.79 Å². The topological polar surface area (TPSA) is 43.6 Å². The lowest BCUT2D eigenvalue weighted by Gasteiger charge is -2.06. The number of thiazole rings is 1. The molecule has 1 amide bonds. The fourth-order valence-electron chi connectivity index (χ4n) is 2.81. The Labute approximate surface area is 161 Å². The Hall–Kier alpha value is -2.37. The number of rotatable bonds is 5. The number of hydrogen-bond donors (Lipinski definition) is 0. The molecule has 4 nitrogen and oxygen atoms in total. The lowest BCUT2D eigenvalue weighted by Crippen LogP contribution is -2.16. The molecule has 0 aliphatic carbocycles. The van der Waals surface area contributed by atoms with Gasteiger partial charge >= 0.3 is 0 Å². The minimum absolute atomic E-state index is 0.190. The van der Waals surface area contributed by atoms with Crippen LogP contribution in [0.2, 0.25) is 5.02 Å². The maximum atomic E-state index is 12.5. The number of carbonyl (C=O) groups excluding carboxylic acids is 1. The fourth-order valence-corrected chi connectivity index (χ4v) is 4.14. The molecule has 0 bridgehead atoms. The second-order valence-electron chi connectivity index (χ2n) is 5.88. The third-order valence-corrected chi connectivity index (χ3v) is 5.27. The van der Waals surface area contributed by atoms with Crippen LogP contribution in [-0.4, -0.2) is 17.6 Å². The molecule has 0 spiro atoms. The van der Waals surface area contributed by atoms with E-state index in [1.165, 1.54) is 11.3 Å². The summed E-state index contributed by atoms with van der Waals surface area (Å²) in [5, 5.41) is 0.663. The number of aryl methyl sites for hydroxylation is 1. The predicted molar refractivity (Wildman–Crippen MR) is 107 cm³/mol. The molecule has 2 aromatic carbocycles. The molecule has 0 fully saturated rings. The van der Waals surface area contributed by atoms with Crippen LogP contribution in [0.3, 0.4) is 0 Å². The number of carbonyl (C=O) groups is 1. The highest BCUT2D eigenvalue weighted by atomic mass is 35.5. The summed E-state index contributed by atoms with van der Waals surface area (Å²) in [6, 6.07) is 11.4. The molecule has 134 valence electrons. The summed E-state index contributed by atoms with van der Waals surface area (Å²) in [4.78, 5) is 17.5. The number of halogens is 1. The maximum Gasteiger partial charge on any atom is 0.252 e. The van der Waals surface area contributed by atoms with E-state index < -0.39 is 0 Å². The van der Waals surface area contributed by atoms with Crippen LogP contribution in [-0.2, 0) is 17.8 Å². The number of benzene rings is 2. The van der Waals surface area contributed by atoms with Gasteiger partial charge in [-0.05, 0) is 42.3 Å². The van der Waals surface area contributed by atoms with Gasteiger partial charge in [0.2, 0.25) is 0 Å². The zero-order valence-corrected chi connectivity index (χ0v) is 16.2. The zero-order chi connectivity index (χ0) is 18.7. The first-order valence-corrected chi connectivity index (χ1v) is 9.32. The number of fused-ring (bicyclic) bond motifs is 1. The number of aromatic nitrogens is 1.